The molecule has 110 valence electrons. The molecule has 0 aromatic heterocycles. The molecule has 1 aromatic rings. The zero-order chi connectivity index (χ0) is 13.8. The molecule has 2 fully saturated rings. The Hall–Kier alpha value is -0.210. The maximum absolute atomic E-state index is 5.52. The first-order valence-electron chi connectivity index (χ1n) is 7.24. The van der Waals surface area contributed by atoms with Crippen LogP contribution < -0.4 is 0 Å². The van der Waals surface area contributed by atoms with Crippen molar-refractivity contribution < 1.29 is 9.47 Å². The van der Waals surface area contributed by atoms with Crippen molar-refractivity contribution in [3.05, 3.63) is 33.4 Å². The normalized spacial score (nSPS) is 22.3. The number of morpholine rings is 2. The molecule has 2 saturated heterocycles. The minimum atomic E-state index is 0.357. The Balaban J connectivity index is 1.87. The van der Waals surface area contributed by atoms with Crippen molar-refractivity contribution in [2.75, 3.05) is 52.6 Å². The molecule has 2 heterocycles. The lowest BCUT2D eigenvalue weighted by Crippen LogP contribution is -2.50. The standard InChI is InChI=1S/C15H21IN2O2/c16-14-4-2-1-3-13(14)15(17-5-9-19-10-6-17)18-7-11-20-12-8-18/h1-4,15H,5-12H2. The highest BCUT2D eigenvalue weighted by Gasteiger charge is 2.30. The van der Waals surface area contributed by atoms with Gasteiger partial charge in [0.25, 0.3) is 0 Å². The van der Waals surface area contributed by atoms with Crippen molar-refractivity contribution >= 4 is 22.6 Å². The van der Waals surface area contributed by atoms with Crippen molar-refractivity contribution in [3.8, 4) is 0 Å². The number of rotatable bonds is 3. The van der Waals surface area contributed by atoms with E-state index in [0.717, 1.165) is 52.6 Å². The summed E-state index contributed by atoms with van der Waals surface area (Å²) in [6.45, 7) is 7.38. The molecule has 0 atom stereocenters. The number of ether oxygens (including phenoxy) is 2. The average molecular weight is 388 g/mol. The van der Waals surface area contributed by atoms with Gasteiger partial charge in [0.15, 0.2) is 0 Å². The summed E-state index contributed by atoms with van der Waals surface area (Å²) in [5.41, 5.74) is 1.41. The molecule has 0 amide bonds. The molecule has 0 radical (unpaired) electrons. The molecule has 1 aromatic carbocycles. The fraction of sp³-hybridized carbons (Fsp3) is 0.600. The minimum absolute atomic E-state index is 0.357. The summed E-state index contributed by atoms with van der Waals surface area (Å²) in [4.78, 5) is 5.10. The SMILES string of the molecule is Ic1ccccc1C(N1CCOCC1)N1CCOCC1. The van der Waals surface area contributed by atoms with Gasteiger partial charge in [-0.05, 0) is 34.2 Å². The van der Waals surface area contributed by atoms with E-state index in [0.29, 0.717) is 6.17 Å². The molecule has 0 aliphatic carbocycles. The topological polar surface area (TPSA) is 24.9 Å². The molecule has 4 nitrogen and oxygen atoms in total. The second kappa shape index (κ2) is 7.17. The molecule has 2 aliphatic heterocycles. The van der Waals surface area contributed by atoms with Crippen LogP contribution in [0.5, 0.6) is 0 Å². The van der Waals surface area contributed by atoms with E-state index >= 15 is 0 Å². The third kappa shape index (κ3) is 3.33. The van der Waals surface area contributed by atoms with E-state index in [9.17, 15) is 0 Å². The molecule has 5 heteroatoms. The molecule has 20 heavy (non-hydrogen) atoms. The van der Waals surface area contributed by atoms with Crippen LogP contribution in [-0.4, -0.2) is 62.4 Å². The summed E-state index contributed by atoms with van der Waals surface area (Å²) in [5, 5.41) is 0. The van der Waals surface area contributed by atoms with Crippen LogP contribution in [0.25, 0.3) is 0 Å². The summed E-state index contributed by atoms with van der Waals surface area (Å²) >= 11 is 2.45. The van der Waals surface area contributed by atoms with Gasteiger partial charge in [0.1, 0.15) is 0 Å². The number of halogens is 1. The lowest BCUT2D eigenvalue weighted by molar-refractivity contribution is -0.0678. The van der Waals surface area contributed by atoms with Crippen LogP contribution in [0, 0.1) is 3.57 Å². The summed E-state index contributed by atoms with van der Waals surface area (Å²) in [6.07, 6.45) is 0.357. The highest BCUT2D eigenvalue weighted by atomic mass is 127. The zero-order valence-corrected chi connectivity index (χ0v) is 13.8. The monoisotopic (exact) mass is 388 g/mol. The maximum Gasteiger partial charge on any atom is 0.0899 e. The van der Waals surface area contributed by atoms with E-state index < -0.39 is 0 Å². The van der Waals surface area contributed by atoms with Gasteiger partial charge in [0.05, 0.1) is 32.6 Å². The van der Waals surface area contributed by atoms with Gasteiger partial charge in [-0.1, -0.05) is 18.2 Å². The Morgan fingerprint density at radius 2 is 1.35 bits per heavy atom. The van der Waals surface area contributed by atoms with Crippen molar-refractivity contribution in [2.45, 2.75) is 6.17 Å². The van der Waals surface area contributed by atoms with Crippen LogP contribution >= 0.6 is 22.6 Å². The Bertz CT molecular complexity index is 414. The number of hydrogen-bond acceptors (Lipinski definition) is 4. The van der Waals surface area contributed by atoms with Crippen LogP contribution in [0.2, 0.25) is 0 Å². The Morgan fingerprint density at radius 1 is 0.850 bits per heavy atom. The summed E-state index contributed by atoms with van der Waals surface area (Å²) in [6, 6.07) is 8.72. The zero-order valence-electron chi connectivity index (χ0n) is 11.6. The van der Waals surface area contributed by atoms with Gasteiger partial charge in [-0.2, -0.15) is 0 Å². The average Bonchev–Trinajstić information content (AvgIpc) is 2.52. The van der Waals surface area contributed by atoms with E-state index in [2.05, 4.69) is 56.7 Å². The van der Waals surface area contributed by atoms with Gasteiger partial charge >= 0.3 is 0 Å². The highest BCUT2D eigenvalue weighted by molar-refractivity contribution is 14.1. The molecule has 2 aliphatic rings. The number of hydrogen-bond donors (Lipinski definition) is 0. The van der Waals surface area contributed by atoms with Crippen LogP contribution in [0.3, 0.4) is 0 Å². The number of nitrogens with zero attached hydrogens (tertiary/aromatic N) is 2. The van der Waals surface area contributed by atoms with Crippen LogP contribution in [0.4, 0.5) is 0 Å². The fourth-order valence-electron chi connectivity index (χ4n) is 2.95. The molecule has 3 rings (SSSR count). The van der Waals surface area contributed by atoms with Gasteiger partial charge in [-0.3, -0.25) is 9.80 Å². The van der Waals surface area contributed by atoms with Crippen molar-refractivity contribution in [2.24, 2.45) is 0 Å². The van der Waals surface area contributed by atoms with E-state index in [4.69, 9.17) is 9.47 Å². The molecular formula is C15H21IN2O2. The van der Waals surface area contributed by atoms with Crippen molar-refractivity contribution in [1.82, 2.24) is 9.80 Å². The minimum Gasteiger partial charge on any atom is -0.379 e. The lowest BCUT2D eigenvalue weighted by atomic mass is 10.1. The van der Waals surface area contributed by atoms with Crippen molar-refractivity contribution in [1.29, 1.82) is 0 Å². The predicted octanol–water partition coefficient (Wildman–Crippen LogP) is 1.95. The largest absolute Gasteiger partial charge is 0.379 e. The van der Waals surface area contributed by atoms with Gasteiger partial charge in [-0.15, -0.1) is 0 Å². The summed E-state index contributed by atoms with van der Waals surface area (Å²) < 4.78 is 12.4. The van der Waals surface area contributed by atoms with Crippen LogP contribution in [-0.2, 0) is 9.47 Å². The quantitative estimate of drug-likeness (QED) is 0.740. The smallest absolute Gasteiger partial charge is 0.0899 e. The van der Waals surface area contributed by atoms with Gasteiger partial charge in [-0.25, -0.2) is 0 Å². The highest BCUT2D eigenvalue weighted by Crippen LogP contribution is 2.30. The van der Waals surface area contributed by atoms with E-state index in [1.807, 2.05) is 0 Å². The molecule has 0 N–H and O–H groups in total. The Labute approximate surface area is 134 Å². The van der Waals surface area contributed by atoms with Gasteiger partial charge < -0.3 is 9.47 Å². The molecule has 0 spiro atoms. The van der Waals surface area contributed by atoms with E-state index in [1.165, 1.54) is 9.13 Å². The Kier molecular flexibility index (Phi) is 5.28. The fourth-order valence-corrected chi connectivity index (χ4v) is 3.62. The third-order valence-electron chi connectivity index (χ3n) is 3.97. The van der Waals surface area contributed by atoms with E-state index in [1.54, 1.807) is 0 Å². The van der Waals surface area contributed by atoms with Gasteiger partial charge in [0.2, 0.25) is 0 Å². The molecular weight excluding hydrogens is 367 g/mol. The first kappa shape index (κ1) is 14.7. The van der Waals surface area contributed by atoms with Gasteiger partial charge in [0, 0.05) is 29.7 Å². The second-order valence-electron chi connectivity index (χ2n) is 5.19. The first-order chi connectivity index (χ1) is 9.86. The van der Waals surface area contributed by atoms with Crippen molar-refractivity contribution in [3.63, 3.8) is 0 Å². The third-order valence-corrected chi connectivity index (χ3v) is 4.95. The predicted molar refractivity (Wildman–Crippen MR) is 86.7 cm³/mol. The molecule has 0 unspecified atom stereocenters. The van der Waals surface area contributed by atoms with E-state index in [-0.39, 0.29) is 0 Å². The van der Waals surface area contributed by atoms with Crippen LogP contribution in [0.15, 0.2) is 24.3 Å². The summed E-state index contributed by atoms with van der Waals surface area (Å²) in [7, 11) is 0. The second-order valence-corrected chi connectivity index (χ2v) is 6.35. The maximum atomic E-state index is 5.52. The van der Waals surface area contributed by atoms with Crippen LogP contribution in [0.1, 0.15) is 11.7 Å². The lowest BCUT2D eigenvalue weighted by Gasteiger charge is -2.43. The summed E-state index contributed by atoms with van der Waals surface area (Å²) in [5.74, 6) is 0. The molecule has 0 saturated carbocycles. The molecule has 0 bridgehead atoms. The number of benzene rings is 1. The Morgan fingerprint density at radius 3 is 1.85 bits per heavy atom. The first-order valence-corrected chi connectivity index (χ1v) is 8.32.